The Hall–Kier alpha value is -1.15. The van der Waals surface area contributed by atoms with Gasteiger partial charge in [-0.3, -0.25) is 4.79 Å². The van der Waals surface area contributed by atoms with E-state index in [4.69, 9.17) is 11.6 Å². The van der Waals surface area contributed by atoms with Gasteiger partial charge in [-0.2, -0.15) is 0 Å². The molecular formula is C32H48ClNO5S. The van der Waals surface area contributed by atoms with Crippen LogP contribution >= 0.6 is 11.6 Å². The van der Waals surface area contributed by atoms with Crippen LogP contribution in [0.25, 0.3) is 0 Å². The molecule has 0 spiro atoms. The standard InChI is InChI=1S/C32H48ClNO5S/c1-5-23-27-18-21(35)14-16-32(27,4)26-15-17-31(3)24(11-12-25(31)29(26)30(23)37)19(2)6-13-28(36)34-40(38,39)22-9-7-20(33)8-10-22/h7-10,19,21,23-27,29-30,35,37H,5-6,11-18H2,1-4H3,(H,34,36)/t19-,21-,23-,24?,25+,26+,27?,29+,30-,31?,32?/m1/s1. The van der Waals surface area contributed by atoms with Gasteiger partial charge in [-0.05, 0) is 128 Å². The zero-order chi connectivity index (χ0) is 29.0. The summed E-state index contributed by atoms with van der Waals surface area (Å²) in [5, 5.41) is 22.8. The van der Waals surface area contributed by atoms with Crippen LogP contribution in [0.15, 0.2) is 29.2 Å². The van der Waals surface area contributed by atoms with Crippen molar-refractivity contribution in [3.8, 4) is 0 Å². The van der Waals surface area contributed by atoms with Crippen LogP contribution in [0.5, 0.6) is 0 Å². The van der Waals surface area contributed by atoms with Crippen LogP contribution in [0.2, 0.25) is 5.02 Å². The Kier molecular flexibility index (Phi) is 8.46. The first-order valence-corrected chi connectivity index (χ1v) is 17.3. The number of hydrogen-bond donors (Lipinski definition) is 3. The van der Waals surface area contributed by atoms with E-state index in [0.717, 1.165) is 51.4 Å². The lowest BCUT2D eigenvalue weighted by atomic mass is 9.41. The molecule has 4 aliphatic rings. The number of aliphatic hydroxyl groups is 2. The van der Waals surface area contributed by atoms with E-state index in [0.29, 0.717) is 41.0 Å². The summed E-state index contributed by atoms with van der Waals surface area (Å²) < 4.78 is 27.5. The first kappa shape index (κ1) is 30.3. The van der Waals surface area contributed by atoms with Crippen LogP contribution in [0.3, 0.4) is 0 Å². The Bertz CT molecular complexity index is 1190. The molecule has 4 fully saturated rings. The molecule has 1 aromatic rings. The number of amides is 1. The van der Waals surface area contributed by atoms with Crippen LogP contribution in [0.1, 0.15) is 91.9 Å². The Morgan fingerprint density at radius 3 is 2.35 bits per heavy atom. The summed E-state index contributed by atoms with van der Waals surface area (Å²) in [5.41, 5.74) is 0.297. The van der Waals surface area contributed by atoms with Crippen LogP contribution in [0.4, 0.5) is 0 Å². The first-order valence-electron chi connectivity index (χ1n) is 15.5. The van der Waals surface area contributed by atoms with E-state index in [-0.39, 0.29) is 46.2 Å². The van der Waals surface area contributed by atoms with Crippen LogP contribution in [-0.2, 0) is 14.8 Å². The number of fused-ring (bicyclic) bond motifs is 5. The predicted molar refractivity (Wildman–Crippen MR) is 157 cm³/mol. The normalized spacial score (nSPS) is 41.9. The molecule has 0 aromatic heterocycles. The second-order valence-electron chi connectivity index (χ2n) is 14.1. The molecule has 4 aliphatic carbocycles. The van der Waals surface area contributed by atoms with E-state index in [1.165, 1.54) is 24.3 Å². The molecule has 4 saturated carbocycles. The Labute approximate surface area is 245 Å². The highest BCUT2D eigenvalue weighted by Crippen LogP contribution is 2.69. The number of aliphatic hydroxyl groups excluding tert-OH is 2. The smallest absolute Gasteiger partial charge is 0.264 e. The third-order valence-electron chi connectivity index (χ3n) is 12.3. The summed E-state index contributed by atoms with van der Waals surface area (Å²) in [7, 11) is -3.92. The summed E-state index contributed by atoms with van der Waals surface area (Å²) in [4.78, 5) is 12.7. The minimum atomic E-state index is -3.92. The van der Waals surface area contributed by atoms with Gasteiger partial charge in [0, 0.05) is 11.4 Å². The fourth-order valence-corrected chi connectivity index (χ4v) is 11.5. The van der Waals surface area contributed by atoms with Crippen molar-refractivity contribution in [2.75, 3.05) is 0 Å². The molecule has 0 aliphatic heterocycles. The van der Waals surface area contributed by atoms with E-state index >= 15 is 0 Å². The van der Waals surface area contributed by atoms with Gasteiger partial charge in [-0.25, -0.2) is 13.1 Å². The lowest BCUT2D eigenvalue weighted by Crippen LogP contribution is -2.62. The zero-order valence-electron chi connectivity index (χ0n) is 24.5. The molecule has 224 valence electrons. The Balaban J connectivity index is 1.26. The number of sulfonamides is 1. The summed E-state index contributed by atoms with van der Waals surface area (Å²) in [6.45, 7) is 9.32. The SMILES string of the molecule is CC[C@@H]1C2C[C@H](O)CCC2(C)[C@H]2CCC3(C)C([C@H](C)CCC(=O)NS(=O)(=O)c4ccc(Cl)cc4)CC[C@H]3[C@@H]2[C@@H]1O. The molecule has 0 saturated heterocycles. The van der Waals surface area contributed by atoms with Crippen molar-refractivity contribution in [3.05, 3.63) is 29.3 Å². The van der Waals surface area contributed by atoms with Crippen LogP contribution in [0, 0.1) is 52.3 Å². The molecule has 0 radical (unpaired) electrons. The van der Waals surface area contributed by atoms with Crippen LogP contribution in [-0.4, -0.2) is 36.7 Å². The molecule has 0 bridgehead atoms. The Morgan fingerprint density at radius 1 is 1.02 bits per heavy atom. The maximum atomic E-state index is 12.7. The van der Waals surface area contributed by atoms with Gasteiger partial charge in [0.2, 0.25) is 5.91 Å². The summed E-state index contributed by atoms with van der Waals surface area (Å²) >= 11 is 5.87. The first-order chi connectivity index (χ1) is 18.8. The minimum absolute atomic E-state index is 0.0287. The second kappa shape index (κ2) is 11.2. The van der Waals surface area contributed by atoms with Gasteiger partial charge < -0.3 is 10.2 Å². The fraction of sp³-hybridized carbons (Fsp3) is 0.781. The number of halogens is 1. The van der Waals surface area contributed by atoms with Crippen molar-refractivity contribution in [1.82, 2.24) is 4.72 Å². The van der Waals surface area contributed by atoms with Crippen molar-refractivity contribution < 1.29 is 23.4 Å². The third-order valence-corrected chi connectivity index (χ3v) is 14.0. The van der Waals surface area contributed by atoms with E-state index < -0.39 is 15.9 Å². The lowest BCUT2D eigenvalue weighted by Gasteiger charge is -2.64. The predicted octanol–water partition coefficient (Wildman–Crippen LogP) is 6.19. The van der Waals surface area contributed by atoms with E-state index in [2.05, 4.69) is 32.4 Å². The van der Waals surface area contributed by atoms with Gasteiger partial charge in [0.25, 0.3) is 10.0 Å². The van der Waals surface area contributed by atoms with E-state index in [9.17, 15) is 23.4 Å². The second-order valence-corrected chi connectivity index (χ2v) is 16.2. The topological polar surface area (TPSA) is 104 Å². The summed E-state index contributed by atoms with van der Waals surface area (Å²) in [6, 6.07) is 5.80. The molecule has 1 aromatic carbocycles. The fourth-order valence-electron chi connectivity index (χ4n) is 10.4. The molecule has 4 unspecified atom stereocenters. The lowest BCUT2D eigenvalue weighted by molar-refractivity contribution is -0.203. The number of carbonyl (C=O) groups is 1. The zero-order valence-corrected chi connectivity index (χ0v) is 26.1. The molecule has 3 N–H and O–H groups in total. The minimum Gasteiger partial charge on any atom is -0.393 e. The number of rotatable bonds is 7. The van der Waals surface area contributed by atoms with Crippen molar-refractivity contribution in [3.63, 3.8) is 0 Å². The molecule has 8 heteroatoms. The van der Waals surface area contributed by atoms with Crippen molar-refractivity contribution in [1.29, 1.82) is 0 Å². The van der Waals surface area contributed by atoms with Gasteiger partial charge in [-0.15, -0.1) is 0 Å². The molecule has 6 nitrogen and oxygen atoms in total. The van der Waals surface area contributed by atoms with Crippen molar-refractivity contribution in [2.24, 2.45) is 52.3 Å². The maximum Gasteiger partial charge on any atom is 0.264 e. The molecular weight excluding hydrogens is 546 g/mol. The number of benzene rings is 1. The van der Waals surface area contributed by atoms with Gasteiger partial charge in [0.05, 0.1) is 17.1 Å². The quantitative estimate of drug-likeness (QED) is 0.350. The molecule has 40 heavy (non-hydrogen) atoms. The molecule has 5 rings (SSSR count). The van der Waals surface area contributed by atoms with E-state index in [1.54, 1.807) is 0 Å². The van der Waals surface area contributed by atoms with Gasteiger partial charge in [0.1, 0.15) is 0 Å². The third kappa shape index (κ3) is 5.16. The van der Waals surface area contributed by atoms with Gasteiger partial charge in [-0.1, -0.05) is 45.7 Å². The summed E-state index contributed by atoms with van der Waals surface area (Å²) in [5.74, 6) is 2.15. The average Bonchev–Trinajstić information content (AvgIpc) is 3.26. The van der Waals surface area contributed by atoms with Crippen LogP contribution < -0.4 is 4.72 Å². The van der Waals surface area contributed by atoms with Crippen molar-refractivity contribution in [2.45, 2.75) is 109 Å². The highest BCUT2D eigenvalue weighted by molar-refractivity contribution is 7.90. The average molecular weight is 594 g/mol. The summed E-state index contributed by atoms with van der Waals surface area (Å²) in [6.07, 6.45) is 8.43. The molecule has 11 atom stereocenters. The maximum absolute atomic E-state index is 12.7. The number of nitrogens with one attached hydrogen (secondary N) is 1. The number of hydrogen-bond acceptors (Lipinski definition) is 5. The largest absolute Gasteiger partial charge is 0.393 e. The van der Waals surface area contributed by atoms with E-state index in [1.807, 2.05) is 0 Å². The molecule has 1 amide bonds. The monoisotopic (exact) mass is 593 g/mol. The highest BCUT2D eigenvalue weighted by atomic mass is 35.5. The molecule has 0 heterocycles. The Morgan fingerprint density at radius 2 is 1.68 bits per heavy atom. The number of carbonyl (C=O) groups excluding carboxylic acids is 1. The van der Waals surface area contributed by atoms with Gasteiger partial charge >= 0.3 is 0 Å². The highest BCUT2D eigenvalue weighted by Gasteiger charge is 2.64. The van der Waals surface area contributed by atoms with Crippen molar-refractivity contribution >= 4 is 27.5 Å². The van der Waals surface area contributed by atoms with Gasteiger partial charge in [0.15, 0.2) is 0 Å².